The molecule has 0 saturated heterocycles. The van der Waals surface area contributed by atoms with E-state index in [4.69, 9.17) is 0 Å². The van der Waals surface area contributed by atoms with Crippen LogP contribution >= 0.6 is 0 Å². The summed E-state index contributed by atoms with van der Waals surface area (Å²) in [6.45, 7) is 17.8. The van der Waals surface area contributed by atoms with Gasteiger partial charge in [0.05, 0.1) is 0 Å². The molecule has 6 heteroatoms. The summed E-state index contributed by atoms with van der Waals surface area (Å²) in [5, 5.41) is 0. The Labute approximate surface area is 631 Å². The van der Waals surface area contributed by atoms with Gasteiger partial charge in [-0.25, -0.2) is 0 Å². The van der Waals surface area contributed by atoms with Crippen molar-refractivity contribution in [3.63, 3.8) is 0 Å². The molecule has 106 heavy (non-hydrogen) atoms. The van der Waals surface area contributed by atoms with Crippen LogP contribution in [-0.2, 0) is 39.3 Å². The minimum absolute atomic E-state index is 0.830. The van der Waals surface area contributed by atoms with E-state index in [-0.39, 0.29) is 0 Å². The van der Waals surface area contributed by atoms with Crippen LogP contribution in [0.1, 0.15) is 79.5 Å². The van der Waals surface area contributed by atoms with Crippen molar-refractivity contribution >= 4 is 34.0 Å². The predicted molar refractivity (Wildman–Crippen MR) is 454 cm³/mol. The minimum Gasteiger partial charge on any atom is -0.375 e. The van der Waals surface area contributed by atoms with Gasteiger partial charge < -0.3 is 29.4 Å². The van der Waals surface area contributed by atoms with Crippen molar-refractivity contribution in [2.24, 2.45) is 0 Å². The third kappa shape index (κ3) is 19.1. The van der Waals surface area contributed by atoms with Gasteiger partial charge in [0, 0.05) is 114 Å². The molecule has 0 atom stereocenters. The van der Waals surface area contributed by atoms with E-state index in [0.29, 0.717) is 0 Å². The highest BCUT2D eigenvalue weighted by Crippen LogP contribution is 2.40. The van der Waals surface area contributed by atoms with E-state index in [2.05, 4.69) is 423 Å². The fourth-order valence-electron chi connectivity index (χ4n) is 14.4. The molecule has 0 fully saturated rings. The Bertz CT molecular complexity index is 4610. The topological polar surface area (TPSA) is 19.4 Å². The van der Waals surface area contributed by atoms with Gasteiger partial charge >= 0.3 is 0 Å². The average Bonchev–Trinajstić information content (AvgIpc) is 0.796. The Kier molecular flexibility index (Phi) is 24.6. The van der Waals surface area contributed by atoms with Crippen LogP contribution in [-0.4, -0.2) is 45.2 Å². The zero-order chi connectivity index (χ0) is 72.8. The van der Waals surface area contributed by atoms with Crippen LogP contribution < -0.4 is 24.5 Å². The summed E-state index contributed by atoms with van der Waals surface area (Å²) in [6.07, 6.45) is 6.70. The molecule has 0 radical (unpaired) electrons. The Morgan fingerprint density at radius 3 is 0.802 bits per heavy atom. The lowest BCUT2D eigenvalue weighted by atomic mass is 9.89. The van der Waals surface area contributed by atoms with Crippen molar-refractivity contribution < 1.29 is 0 Å². The van der Waals surface area contributed by atoms with E-state index >= 15 is 0 Å². The molecule has 6 nitrogen and oxygen atoms in total. The number of hydrogen-bond acceptors (Lipinski definition) is 6. The molecule has 1 aliphatic rings. The molecular weight excluding hydrogens is 1290 g/mol. The van der Waals surface area contributed by atoms with E-state index in [9.17, 15) is 0 Å². The van der Waals surface area contributed by atoms with Gasteiger partial charge in [-0.2, -0.15) is 0 Å². The van der Waals surface area contributed by atoms with Crippen molar-refractivity contribution in [1.82, 2.24) is 4.90 Å². The van der Waals surface area contributed by atoms with Crippen LogP contribution in [0.25, 0.3) is 61.2 Å². The van der Waals surface area contributed by atoms with Crippen molar-refractivity contribution in [2.75, 3.05) is 64.8 Å². The highest BCUT2D eigenvalue weighted by Gasteiger charge is 2.20. The van der Waals surface area contributed by atoms with Crippen LogP contribution in [0, 0.1) is 0 Å². The van der Waals surface area contributed by atoms with E-state index in [1.807, 2.05) is 0 Å². The monoisotopic (exact) mass is 1380 g/mol. The highest BCUT2D eigenvalue weighted by atomic mass is 15.1. The predicted octanol–water partition coefficient (Wildman–Crippen LogP) is 24.6. The zero-order valence-corrected chi connectivity index (χ0v) is 62.7. The summed E-state index contributed by atoms with van der Waals surface area (Å²) in [4.78, 5) is 14.5. The van der Waals surface area contributed by atoms with Gasteiger partial charge in [-0.3, -0.25) is 0 Å². The summed E-state index contributed by atoms with van der Waals surface area (Å²) >= 11 is 0. The second-order valence-corrected chi connectivity index (χ2v) is 27.9. The first-order chi connectivity index (χ1) is 52.1. The SMILES string of the molecule is C1=C(c2cc(-c3ccc(N(Cc4ccccc4)Cc4ccccc4)cc3)cc(-c3ccc(N(Cc4ccccc4)Cc4ccccc4)cc3)c2)CCC(N(Cc2ccccc2)Cc2ccccc2)=C1.CCN(C)c1cccc(-c2cc(-c3cccc(N(C)CC)c3)cc(-c3cccc(N(CC)CC)c3)c2)c1. The molecule has 0 spiro atoms. The van der Waals surface area contributed by atoms with Crippen molar-refractivity contribution in [3.8, 4) is 55.6 Å². The third-order valence-electron chi connectivity index (χ3n) is 20.7. The fourth-order valence-corrected chi connectivity index (χ4v) is 14.4. The van der Waals surface area contributed by atoms with Crippen LogP contribution in [0.2, 0.25) is 0 Å². The first-order valence-electron chi connectivity index (χ1n) is 38.0. The van der Waals surface area contributed by atoms with Crippen molar-refractivity contribution in [1.29, 1.82) is 0 Å². The molecular formula is C100H100N6. The summed E-state index contributed by atoms with van der Waals surface area (Å²) < 4.78 is 0. The van der Waals surface area contributed by atoms with Gasteiger partial charge in [0.25, 0.3) is 0 Å². The lowest BCUT2D eigenvalue weighted by Gasteiger charge is -2.30. The maximum atomic E-state index is 2.56. The number of nitrogens with zero attached hydrogens (tertiary/aromatic N) is 6. The van der Waals surface area contributed by atoms with E-state index in [1.165, 1.54) is 134 Å². The highest BCUT2D eigenvalue weighted by molar-refractivity contribution is 5.85. The van der Waals surface area contributed by atoms with Gasteiger partial charge in [0.15, 0.2) is 0 Å². The maximum Gasteiger partial charge on any atom is 0.0433 e. The average molecular weight is 1390 g/mol. The quantitative estimate of drug-likeness (QED) is 0.0483. The Morgan fingerprint density at radius 1 is 0.208 bits per heavy atom. The minimum atomic E-state index is 0.830. The molecule has 0 heterocycles. The number of anilines is 5. The second-order valence-electron chi connectivity index (χ2n) is 27.9. The smallest absolute Gasteiger partial charge is 0.0433 e. The number of rotatable bonds is 28. The largest absolute Gasteiger partial charge is 0.375 e. The molecule has 0 unspecified atom stereocenters. The van der Waals surface area contributed by atoms with Crippen LogP contribution in [0.3, 0.4) is 0 Å². The van der Waals surface area contributed by atoms with E-state index in [0.717, 1.165) is 78.3 Å². The second kappa shape index (κ2) is 36.0. The molecule has 0 aliphatic heterocycles. The van der Waals surface area contributed by atoms with Gasteiger partial charge in [0.1, 0.15) is 0 Å². The number of allylic oxidation sites excluding steroid dienone is 4. The molecule has 0 bridgehead atoms. The maximum absolute atomic E-state index is 2.56. The van der Waals surface area contributed by atoms with Crippen LogP contribution in [0.4, 0.5) is 28.4 Å². The fraction of sp³-hybridized carbons (Fsp3) is 0.180. The lowest BCUT2D eigenvalue weighted by Crippen LogP contribution is -2.23. The lowest BCUT2D eigenvalue weighted by molar-refractivity contribution is 0.317. The van der Waals surface area contributed by atoms with Crippen molar-refractivity contribution in [2.45, 2.75) is 79.8 Å². The van der Waals surface area contributed by atoms with Crippen LogP contribution in [0.15, 0.2) is 358 Å². The van der Waals surface area contributed by atoms with Gasteiger partial charge in [0.2, 0.25) is 0 Å². The Hall–Kier alpha value is -11.9. The standard InChI is InChI=1S/C66H59N3.C34H41N3/c1-7-19-52(20-8-1)46-67(47-53-21-9-2-10-22-53)64-37-31-58(32-38-64)61-43-62(59-33-39-65(40-34-59)68(48-54-23-11-3-12-24-54)49-55-25-13-4-14-26-55)45-63(44-61)60-35-41-66(42-36-60)69(50-56-27-15-5-16-28-56)51-57-29-17-6-18-30-57;1-7-35(5)32-17-11-14-26(23-32)29-20-30(27-15-12-18-33(24-27)36(6)8-2)22-31(21-29)28-16-13-19-34(25-28)37(9-3)10-4/h1-35,37-41,43-45H,36,42,46-51H2;11-25H,7-10H2,1-6H3. The summed E-state index contributed by atoms with van der Waals surface area (Å²) in [5.41, 5.74) is 30.3. The first kappa shape index (κ1) is 72.5. The van der Waals surface area contributed by atoms with Gasteiger partial charge in [-0.05, 0) is 244 Å². The number of benzene rings is 13. The summed E-state index contributed by atoms with van der Waals surface area (Å²) in [5.74, 6) is 0. The molecule has 14 rings (SSSR count). The summed E-state index contributed by atoms with van der Waals surface area (Å²) in [6, 6.07) is 124. The molecule has 0 N–H and O–H groups in total. The third-order valence-corrected chi connectivity index (χ3v) is 20.7. The zero-order valence-electron chi connectivity index (χ0n) is 62.7. The molecule has 1 aliphatic carbocycles. The van der Waals surface area contributed by atoms with E-state index < -0.39 is 0 Å². The first-order valence-corrected chi connectivity index (χ1v) is 38.0. The van der Waals surface area contributed by atoms with Gasteiger partial charge in [-0.1, -0.05) is 249 Å². The molecule has 0 saturated carbocycles. The molecule has 530 valence electrons. The summed E-state index contributed by atoms with van der Waals surface area (Å²) in [7, 11) is 4.30. The molecule has 0 amide bonds. The van der Waals surface area contributed by atoms with Gasteiger partial charge in [-0.15, -0.1) is 0 Å². The normalized spacial score (nSPS) is 11.7. The molecule has 0 aromatic heterocycles. The molecule has 13 aromatic carbocycles. The van der Waals surface area contributed by atoms with E-state index in [1.54, 1.807) is 0 Å². The molecule has 13 aromatic rings. The number of hydrogen-bond donors (Lipinski definition) is 0. The Balaban J connectivity index is 0.000000227. The van der Waals surface area contributed by atoms with Crippen LogP contribution in [0.5, 0.6) is 0 Å². The Morgan fingerprint density at radius 2 is 0.500 bits per heavy atom. The van der Waals surface area contributed by atoms with Crippen molar-refractivity contribution in [3.05, 3.63) is 397 Å².